The molecule has 6 nitrogen and oxygen atoms in total. The third kappa shape index (κ3) is 2.94. The smallest absolute Gasteiger partial charge is 0.147 e. The standard InChI is InChI=1S/C12H22N4O2/c1-3-4-10-11(13)12(16(2)15-10)14-7-9-8-17-5-6-18-9/h9,14H,3-8,13H2,1-2H3. The second kappa shape index (κ2) is 6.06. The first-order valence-corrected chi connectivity index (χ1v) is 6.47. The van der Waals surface area contributed by atoms with Gasteiger partial charge >= 0.3 is 0 Å². The summed E-state index contributed by atoms with van der Waals surface area (Å²) in [5, 5.41) is 7.72. The van der Waals surface area contributed by atoms with E-state index in [4.69, 9.17) is 15.2 Å². The van der Waals surface area contributed by atoms with Crippen LogP contribution in [0.5, 0.6) is 0 Å². The fourth-order valence-electron chi connectivity index (χ4n) is 2.09. The van der Waals surface area contributed by atoms with Crippen molar-refractivity contribution in [1.82, 2.24) is 9.78 Å². The van der Waals surface area contributed by atoms with Gasteiger partial charge in [0.15, 0.2) is 0 Å². The van der Waals surface area contributed by atoms with Crippen molar-refractivity contribution >= 4 is 11.5 Å². The van der Waals surface area contributed by atoms with Crippen LogP contribution in [0.4, 0.5) is 11.5 Å². The molecule has 2 heterocycles. The molecule has 0 aromatic carbocycles. The minimum absolute atomic E-state index is 0.0858. The first-order valence-electron chi connectivity index (χ1n) is 6.47. The number of nitrogens with two attached hydrogens (primary N) is 1. The van der Waals surface area contributed by atoms with Crippen molar-refractivity contribution in [2.75, 3.05) is 37.4 Å². The van der Waals surface area contributed by atoms with Crippen molar-refractivity contribution in [2.24, 2.45) is 7.05 Å². The van der Waals surface area contributed by atoms with E-state index in [0.717, 1.165) is 30.0 Å². The van der Waals surface area contributed by atoms with Crippen molar-refractivity contribution in [3.8, 4) is 0 Å². The van der Waals surface area contributed by atoms with Gasteiger partial charge in [-0.25, -0.2) is 0 Å². The Kier molecular flexibility index (Phi) is 4.43. The first kappa shape index (κ1) is 13.2. The highest BCUT2D eigenvalue weighted by molar-refractivity contribution is 5.65. The average molecular weight is 254 g/mol. The number of nitrogens with one attached hydrogen (secondary N) is 1. The van der Waals surface area contributed by atoms with Gasteiger partial charge in [0.2, 0.25) is 0 Å². The van der Waals surface area contributed by atoms with Crippen LogP contribution in [0.2, 0.25) is 0 Å². The molecule has 102 valence electrons. The van der Waals surface area contributed by atoms with Gasteiger partial charge in [0, 0.05) is 13.6 Å². The van der Waals surface area contributed by atoms with E-state index in [0.29, 0.717) is 26.4 Å². The maximum Gasteiger partial charge on any atom is 0.147 e. The lowest BCUT2D eigenvalue weighted by Crippen LogP contribution is -2.34. The van der Waals surface area contributed by atoms with Crippen LogP contribution in [0.15, 0.2) is 0 Å². The van der Waals surface area contributed by atoms with Crippen LogP contribution in [0.1, 0.15) is 19.0 Å². The van der Waals surface area contributed by atoms with Crippen molar-refractivity contribution in [1.29, 1.82) is 0 Å². The quantitative estimate of drug-likeness (QED) is 0.812. The Labute approximate surface area is 107 Å². The monoisotopic (exact) mass is 254 g/mol. The van der Waals surface area contributed by atoms with Crippen molar-refractivity contribution in [3.63, 3.8) is 0 Å². The van der Waals surface area contributed by atoms with Crippen molar-refractivity contribution in [3.05, 3.63) is 5.69 Å². The number of anilines is 2. The van der Waals surface area contributed by atoms with Crippen LogP contribution in [0.3, 0.4) is 0 Å². The molecule has 2 rings (SSSR count). The van der Waals surface area contributed by atoms with Gasteiger partial charge in [-0.1, -0.05) is 13.3 Å². The SMILES string of the molecule is CCCc1nn(C)c(NCC2COCCO2)c1N. The molecule has 1 aromatic heterocycles. The van der Waals surface area contributed by atoms with E-state index in [-0.39, 0.29) is 6.10 Å². The predicted molar refractivity (Wildman–Crippen MR) is 70.7 cm³/mol. The largest absolute Gasteiger partial charge is 0.394 e. The van der Waals surface area contributed by atoms with E-state index in [9.17, 15) is 0 Å². The molecule has 1 saturated heterocycles. The average Bonchev–Trinajstić information content (AvgIpc) is 2.64. The number of aromatic nitrogens is 2. The van der Waals surface area contributed by atoms with Gasteiger partial charge < -0.3 is 20.5 Å². The number of nitrogens with zero attached hydrogens (tertiary/aromatic N) is 2. The van der Waals surface area contributed by atoms with Gasteiger partial charge in [0.25, 0.3) is 0 Å². The number of ether oxygens (including phenoxy) is 2. The summed E-state index contributed by atoms with van der Waals surface area (Å²) in [5.74, 6) is 0.868. The zero-order valence-electron chi connectivity index (χ0n) is 11.1. The molecule has 6 heteroatoms. The third-order valence-electron chi connectivity index (χ3n) is 3.03. The lowest BCUT2D eigenvalue weighted by molar-refractivity contribution is -0.0819. The predicted octanol–water partition coefficient (Wildman–Crippen LogP) is 0.782. The van der Waals surface area contributed by atoms with Gasteiger partial charge in [-0.2, -0.15) is 5.10 Å². The zero-order valence-corrected chi connectivity index (χ0v) is 11.1. The summed E-state index contributed by atoms with van der Waals surface area (Å²) in [5.41, 5.74) is 7.80. The Hall–Kier alpha value is -1.27. The van der Waals surface area contributed by atoms with Crippen LogP contribution in [-0.2, 0) is 22.9 Å². The molecular weight excluding hydrogens is 232 g/mol. The normalized spacial score (nSPS) is 20.0. The molecule has 0 amide bonds. The number of rotatable bonds is 5. The number of hydrogen-bond acceptors (Lipinski definition) is 5. The van der Waals surface area contributed by atoms with Crippen LogP contribution in [0.25, 0.3) is 0 Å². The summed E-state index contributed by atoms with van der Waals surface area (Å²) < 4.78 is 12.7. The molecule has 0 radical (unpaired) electrons. The summed E-state index contributed by atoms with van der Waals surface area (Å²) in [6, 6.07) is 0. The first-order chi connectivity index (χ1) is 8.72. The molecule has 3 N–H and O–H groups in total. The van der Waals surface area contributed by atoms with E-state index in [2.05, 4.69) is 17.3 Å². The molecule has 1 aliphatic heterocycles. The van der Waals surface area contributed by atoms with Crippen LogP contribution in [-0.4, -0.2) is 42.2 Å². The maximum absolute atomic E-state index is 6.09. The minimum Gasteiger partial charge on any atom is -0.394 e. The molecular formula is C12H22N4O2. The van der Waals surface area contributed by atoms with E-state index < -0.39 is 0 Å². The Morgan fingerprint density at radius 3 is 3.00 bits per heavy atom. The van der Waals surface area contributed by atoms with Gasteiger partial charge in [-0.05, 0) is 6.42 Å². The number of aryl methyl sites for hydroxylation is 2. The molecule has 1 atom stereocenters. The van der Waals surface area contributed by atoms with Crippen molar-refractivity contribution in [2.45, 2.75) is 25.9 Å². The maximum atomic E-state index is 6.09. The topological polar surface area (TPSA) is 74.3 Å². The fraction of sp³-hybridized carbons (Fsp3) is 0.750. The Balaban J connectivity index is 1.95. The summed E-state index contributed by atoms with van der Waals surface area (Å²) in [4.78, 5) is 0. The molecule has 0 spiro atoms. The minimum atomic E-state index is 0.0858. The second-order valence-corrected chi connectivity index (χ2v) is 4.53. The highest BCUT2D eigenvalue weighted by atomic mass is 16.6. The number of nitrogen functional groups attached to an aromatic ring is 1. The van der Waals surface area contributed by atoms with E-state index >= 15 is 0 Å². The zero-order chi connectivity index (χ0) is 13.0. The summed E-state index contributed by atoms with van der Waals surface area (Å²) in [7, 11) is 1.90. The third-order valence-corrected chi connectivity index (χ3v) is 3.03. The highest BCUT2D eigenvalue weighted by Gasteiger charge is 2.17. The molecule has 0 aliphatic carbocycles. The van der Waals surface area contributed by atoms with Gasteiger partial charge in [0.1, 0.15) is 5.82 Å². The molecule has 0 bridgehead atoms. The molecule has 18 heavy (non-hydrogen) atoms. The molecule has 0 saturated carbocycles. The van der Waals surface area contributed by atoms with E-state index in [1.165, 1.54) is 0 Å². The summed E-state index contributed by atoms with van der Waals surface area (Å²) in [6.07, 6.45) is 2.03. The Morgan fingerprint density at radius 2 is 2.33 bits per heavy atom. The highest BCUT2D eigenvalue weighted by Crippen LogP contribution is 2.23. The summed E-state index contributed by atoms with van der Waals surface area (Å²) >= 11 is 0. The lowest BCUT2D eigenvalue weighted by atomic mass is 10.2. The second-order valence-electron chi connectivity index (χ2n) is 4.53. The van der Waals surface area contributed by atoms with E-state index in [1.807, 2.05) is 7.05 Å². The van der Waals surface area contributed by atoms with Crippen LogP contribution >= 0.6 is 0 Å². The Bertz CT molecular complexity index is 386. The van der Waals surface area contributed by atoms with Crippen molar-refractivity contribution < 1.29 is 9.47 Å². The molecule has 1 fully saturated rings. The molecule has 1 aliphatic rings. The van der Waals surface area contributed by atoms with Gasteiger partial charge in [0.05, 0.1) is 37.3 Å². The van der Waals surface area contributed by atoms with Crippen LogP contribution in [0, 0.1) is 0 Å². The summed E-state index contributed by atoms with van der Waals surface area (Å²) in [6.45, 7) is 4.79. The number of hydrogen-bond donors (Lipinski definition) is 2. The van der Waals surface area contributed by atoms with Crippen LogP contribution < -0.4 is 11.1 Å². The lowest BCUT2D eigenvalue weighted by Gasteiger charge is -2.23. The van der Waals surface area contributed by atoms with Gasteiger partial charge in [-0.15, -0.1) is 0 Å². The van der Waals surface area contributed by atoms with Gasteiger partial charge in [-0.3, -0.25) is 4.68 Å². The Morgan fingerprint density at radius 1 is 1.50 bits per heavy atom. The fourth-order valence-corrected chi connectivity index (χ4v) is 2.09. The molecule has 1 aromatic rings. The molecule has 1 unspecified atom stereocenters. The van der Waals surface area contributed by atoms with E-state index in [1.54, 1.807) is 4.68 Å².